The Labute approximate surface area is 112 Å². The Bertz CT molecular complexity index is 594. The average molecular weight is 256 g/mol. The van der Waals surface area contributed by atoms with Crippen LogP contribution in [0.4, 0.5) is 0 Å². The second kappa shape index (κ2) is 6.00. The van der Waals surface area contributed by atoms with Crippen LogP contribution in [0.1, 0.15) is 23.7 Å². The predicted molar refractivity (Wildman–Crippen MR) is 73.7 cm³/mol. The third-order valence-corrected chi connectivity index (χ3v) is 2.91. The lowest BCUT2D eigenvalue weighted by atomic mass is 10.1. The van der Waals surface area contributed by atoms with Crippen LogP contribution in [-0.4, -0.2) is 15.9 Å². The number of oxime groups is 1. The number of hydrogen-bond acceptors (Lipinski definition) is 4. The lowest BCUT2D eigenvalue weighted by Gasteiger charge is -2.11. The Morgan fingerprint density at radius 3 is 2.79 bits per heavy atom. The van der Waals surface area contributed by atoms with E-state index >= 15 is 0 Å². The molecule has 0 atom stereocenters. The first kappa shape index (κ1) is 13.1. The number of pyridine rings is 1. The number of hydrogen-bond donors (Lipinski definition) is 1. The van der Waals surface area contributed by atoms with Crippen LogP contribution in [0.15, 0.2) is 47.8 Å². The summed E-state index contributed by atoms with van der Waals surface area (Å²) in [5.41, 5.74) is 3.29. The molecule has 4 heteroatoms. The van der Waals surface area contributed by atoms with Gasteiger partial charge in [-0.05, 0) is 37.6 Å². The number of benzene rings is 1. The number of ether oxygens (including phenoxy) is 1. The normalized spacial score (nSPS) is 11.4. The summed E-state index contributed by atoms with van der Waals surface area (Å²) in [5, 5.41) is 12.1. The molecule has 1 aromatic heterocycles. The van der Waals surface area contributed by atoms with E-state index in [1.54, 1.807) is 13.1 Å². The topological polar surface area (TPSA) is 54.7 Å². The van der Waals surface area contributed by atoms with Crippen molar-refractivity contribution >= 4 is 5.71 Å². The molecule has 0 saturated carbocycles. The molecule has 0 fully saturated rings. The molecule has 19 heavy (non-hydrogen) atoms. The van der Waals surface area contributed by atoms with Crippen molar-refractivity contribution in [3.8, 4) is 5.75 Å². The number of aromatic nitrogens is 1. The summed E-state index contributed by atoms with van der Waals surface area (Å²) in [4.78, 5) is 4.28. The van der Waals surface area contributed by atoms with Crippen LogP contribution in [0.5, 0.6) is 5.75 Å². The highest BCUT2D eigenvalue weighted by Gasteiger charge is 2.07. The van der Waals surface area contributed by atoms with Gasteiger partial charge in [-0.25, -0.2) is 0 Å². The molecule has 0 unspecified atom stereocenters. The van der Waals surface area contributed by atoms with Gasteiger partial charge in [0.2, 0.25) is 0 Å². The molecule has 1 N–H and O–H groups in total. The lowest BCUT2D eigenvalue weighted by molar-refractivity contribution is 0.298. The van der Waals surface area contributed by atoms with Gasteiger partial charge in [0, 0.05) is 11.8 Å². The van der Waals surface area contributed by atoms with Gasteiger partial charge < -0.3 is 9.94 Å². The highest BCUT2D eigenvalue weighted by Crippen LogP contribution is 2.20. The van der Waals surface area contributed by atoms with Crippen molar-refractivity contribution in [1.29, 1.82) is 0 Å². The zero-order chi connectivity index (χ0) is 13.7. The van der Waals surface area contributed by atoms with E-state index in [1.807, 2.05) is 43.3 Å². The third-order valence-electron chi connectivity index (χ3n) is 2.91. The largest absolute Gasteiger partial charge is 0.487 e. The molecule has 98 valence electrons. The van der Waals surface area contributed by atoms with Gasteiger partial charge in [0.25, 0.3) is 0 Å². The van der Waals surface area contributed by atoms with Crippen molar-refractivity contribution in [2.24, 2.45) is 5.16 Å². The van der Waals surface area contributed by atoms with E-state index in [4.69, 9.17) is 9.94 Å². The fourth-order valence-corrected chi connectivity index (χ4v) is 1.76. The van der Waals surface area contributed by atoms with E-state index in [-0.39, 0.29) is 0 Å². The summed E-state index contributed by atoms with van der Waals surface area (Å²) in [6.07, 6.45) is 1.75. The van der Waals surface area contributed by atoms with E-state index in [0.717, 1.165) is 16.8 Å². The molecule has 0 aliphatic heterocycles. The maximum Gasteiger partial charge on any atom is 0.130 e. The van der Waals surface area contributed by atoms with Crippen molar-refractivity contribution in [1.82, 2.24) is 4.98 Å². The van der Waals surface area contributed by atoms with E-state index in [1.165, 1.54) is 0 Å². The molecule has 0 radical (unpaired) electrons. The molecule has 0 amide bonds. The van der Waals surface area contributed by atoms with Crippen LogP contribution >= 0.6 is 0 Å². The zero-order valence-corrected chi connectivity index (χ0v) is 11.0. The molecule has 0 aliphatic rings. The monoisotopic (exact) mass is 256 g/mol. The van der Waals surface area contributed by atoms with Gasteiger partial charge in [-0.15, -0.1) is 0 Å². The fraction of sp³-hybridized carbons (Fsp3) is 0.200. The summed E-state index contributed by atoms with van der Waals surface area (Å²) in [6.45, 7) is 4.12. The summed E-state index contributed by atoms with van der Waals surface area (Å²) in [5.74, 6) is 0.683. The number of rotatable bonds is 4. The molecular weight excluding hydrogens is 240 g/mol. The Hall–Kier alpha value is -2.36. The number of aryl methyl sites for hydroxylation is 1. The molecule has 0 bridgehead atoms. The van der Waals surface area contributed by atoms with E-state index < -0.39 is 0 Å². The minimum absolute atomic E-state index is 0.391. The SMILES string of the molecule is C/C(=N/O)c1ccccc1OCc1ncccc1C. The van der Waals surface area contributed by atoms with Crippen LogP contribution in [-0.2, 0) is 6.61 Å². The van der Waals surface area contributed by atoms with E-state index in [0.29, 0.717) is 18.1 Å². The van der Waals surface area contributed by atoms with Crippen LogP contribution in [0, 0.1) is 6.92 Å². The first-order chi connectivity index (χ1) is 9.22. The fourth-order valence-electron chi connectivity index (χ4n) is 1.76. The first-order valence-corrected chi connectivity index (χ1v) is 6.03. The smallest absolute Gasteiger partial charge is 0.130 e. The van der Waals surface area contributed by atoms with Gasteiger partial charge in [0.1, 0.15) is 12.4 Å². The second-order valence-electron chi connectivity index (χ2n) is 4.24. The molecule has 0 saturated heterocycles. The standard InChI is InChI=1S/C15H16N2O2/c1-11-6-5-9-16-14(11)10-19-15-8-4-3-7-13(15)12(2)17-18/h3-9,18H,10H2,1-2H3/b17-12-. The van der Waals surface area contributed by atoms with Crippen LogP contribution in [0.3, 0.4) is 0 Å². The number of para-hydroxylation sites is 1. The van der Waals surface area contributed by atoms with Crippen molar-refractivity contribution in [2.75, 3.05) is 0 Å². The quantitative estimate of drug-likeness (QED) is 0.519. The lowest BCUT2D eigenvalue weighted by Crippen LogP contribution is -2.04. The molecule has 4 nitrogen and oxygen atoms in total. The Morgan fingerprint density at radius 2 is 2.05 bits per heavy atom. The average Bonchev–Trinajstić information content (AvgIpc) is 2.46. The van der Waals surface area contributed by atoms with Crippen LogP contribution < -0.4 is 4.74 Å². The van der Waals surface area contributed by atoms with Gasteiger partial charge in [0.15, 0.2) is 0 Å². The summed E-state index contributed by atoms with van der Waals surface area (Å²) in [7, 11) is 0. The second-order valence-corrected chi connectivity index (χ2v) is 4.24. The zero-order valence-electron chi connectivity index (χ0n) is 11.0. The van der Waals surface area contributed by atoms with Crippen molar-refractivity contribution in [2.45, 2.75) is 20.5 Å². The predicted octanol–water partition coefficient (Wildman–Crippen LogP) is 3.17. The Kier molecular flexibility index (Phi) is 4.13. The molecule has 2 aromatic rings. The van der Waals surface area contributed by atoms with Crippen molar-refractivity contribution in [3.63, 3.8) is 0 Å². The maximum atomic E-state index is 8.86. The Morgan fingerprint density at radius 1 is 1.26 bits per heavy atom. The molecule has 0 spiro atoms. The molecule has 0 aliphatic carbocycles. The molecule has 2 rings (SSSR count). The molecular formula is C15H16N2O2. The van der Waals surface area contributed by atoms with Gasteiger partial charge in [-0.3, -0.25) is 4.98 Å². The maximum absolute atomic E-state index is 8.86. The number of nitrogens with zero attached hydrogens (tertiary/aromatic N) is 2. The first-order valence-electron chi connectivity index (χ1n) is 6.03. The Balaban J connectivity index is 2.19. The summed E-state index contributed by atoms with van der Waals surface area (Å²) >= 11 is 0. The van der Waals surface area contributed by atoms with Gasteiger partial charge in [0.05, 0.1) is 11.4 Å². The van der Waals surface area contributed by atoms with Crippen molar-refractivity contribution < 1.29 is 9.94 Å². The highest BCUT2D eigenvalue weighted by molar-refractivity contribution is 6.00. The molecule has 1 aromatic carbocycles. The van der Waals surface area contributed by atoms with Crippen LogP contribution in [0.25, 0.3) is 0 Å². The molecule has 1 heterocycles. The van der Waals surface area contributed by atoms with Gasteiger partial charge >= 0.3 is 0 Å². The van der Waals surface area contributed by atoms with Gasteiger partial charge in [-0.1, -0.05) is 23.4 Å². The van der Waals surface area contributed by atoms with E-state index in [9.17, 15) is 0 Å². The van der Waals surface area contributed by atoms with Crippen molar-refractivity contribution in [3.05, 3.63) is 59.4 Å². The summed E-state index contributed by atoms with van der Waals surface area (Å²) in [6, 6.07) is 11.4. The minimum atomic E-state index is 0.391. The van der Waals surface area contributed by atoms with Crippen LogP contribution in [0.2, 0.25) is 0 Å². The highest BCUT2D eigenvalue weighted by atomic mass is 16.5. The summed E-state index contributed by atoms with van der Waals surface area (Å²) < 4.78 is 5.77. The third kappa shape index (κ3) is 3.10. The van der Waals surface area contributed by atoms with Gasteiger partial charge in [-0.2, -0.15) is 0 Å². The minimum Gasteiger partial charge on any atom is -0.487 e. The van der Waals surface area contributed by atoms with E-state index in [2.05, 4.69) is 10.1 Å².